The molecular formula is C14H24N2O3S2. The molecule has 0 amide bonds. The normalized spacial score (nSPS) is 18.8. The Morgan fingerprint density at radius 1 is 1.38 bits per heavy atom. The smallest absolute Gasteiger partial charge is 0.250 e. The Bertz CT molecular complexity index is 575. The van der Waals surface area contributed by atoms with E-state index in [0.29, 0.717) is 36.8 Å². The van der Waals surface area contributed by atoms with E-state index in [2.05, 4.69) is 10.0 Å². The molecule has 0 saturated carbocycles. The molecule has 0 atom stereocenters. The number of nitrogens with one attached hydrogen (secondary N) is 2. The summed E-state index contributed by atoms with van der Waals surface area (Å²) in [5.41, 5.74) is 0.620. The molecule has 0 aliphatic carbocycles. The molecule has 1 aliphatic heterocycles. The van der Waals surface area contributed by atoms with Gasteiger partial charge in [-0.1, -0.05) is 6.92 Å². The first-order valence-electron chi connectivity index (χ1n) is 7.28. The molecule has 0 spiro atoms. The van der Waals surface area contributed by atoms with Gasteiger partial charge >= 0.3 is 0 Å². The van der Waals surface area contributed by atoms with Crippen LogP contribution >= 0.6 is 11.3 Å². The SMILES string of the molecule is CCNCc1sc(S(=O)(=O)NC2(C)CCOCC2)cc1C. The van der Waals surface area contributed by atoms with Crippen molar-refractivity contribution in [3.63, 3.8) is 0 Å². The van der Waals surface area contributed by atoms with Crippen LogP contribution < -0.4 is 10.0 Å². The van der Waals surface area contributed by atoms with E-state index >= 15 is 0 Å². The summed E-state index contributed by atoms with van der Waals surface area (Å²) in [6.07, 6.45) is 1.42. The Kier molecular flexibility index (Phi) is 5.43. The molecule has 0 radical (unpaired) electrons. The van der Waals surface area contributed by atoms with Gasteiger partial charge in [0.15, 0.2) is 0 Å². The minimum absolute atomic E-state index is 0.403. The van der Waals surface area contributed by atoms with E-state index in [9.17, 15) is 8.42 Å². The number of ether oxygens (including phenoxy) is 1. The molecule has 5 nitrogen and oxygen atoms in total. The number of thiophene rings is 1. The number of rotatable bonds is 6. The molecule has 1 aromatic rings. The van der Waals surface area contributed by atoms with Gasteiger partial charge in [-0.05, 0) is 44.9 Å². The van der Waals surface area contributed by atoms with Crippen molar-refractivity contribution in [1.29, 1.82) is 0 Å². The Labute approximate surface area is 131 Å². The molecular weight excluding hydrogens is 308 g/mol. The molecule has 0 bridgehead atoms. The number of hydrogen-bond donors (Lipinski definition) is 2. The van der Waals surface area contributed by atoms with Crippen molar-refractivity contribution in [2.45, 2.75) is 49.9 Å². The highest BCUT2D eigenvalue weighted by Crippen LogP contribution is 2.29. The van der Waals surface area contributed by atoms with Crippen molar-refractivity contribution >= 4 is 21.4 Å². The lowest BCUT2D eigenvalue weighted by Crippen LogP contribution is -2.49. The fraction of sp³-hybridized carbons (Fsp3) is 0.714. The van der Waals surface area contributed by atoms with Crippen molar-refractivity contribution in [1.82, 2.24) is 10.0 Å². The van der Waals surface area contributed by atoms with Crippen LogP contribution in [-0.4, -0.2) is 33.7 Å². The molecule has 120 valence electrons. The van der Waals surface area contributed by atoms with Crippen LogP contribution in [0.1, 0.15) is 37.1 Å². The minimum Gasteiger partial charge on any atom is -0.381 e. The van der Waals surface area contributed by atoms with Gasteiger partial charge in [-0.3, -0.25) is 0 Å². The van der Waals surface area contributed by atoms with Crippen LogP contribution in [0.25, 0.3) is 0 Å². The molecule has 2 N–H and O–H groups in total. The maximum Gasteiger partial charge on any atom is 0.250 e. The number of hydrogen-bond acceptors (Lipinski definition) is 5. The van der Waals surface area contributed by atoms with Gasteiger partial charge in [-0.2, -0.15) is 0 Å². The first kappa shape index (κ1) is 16.9. The van der Waals surface area contributed by atoms with Gasteiger partial charge in [0.25, 0.3) is 10.0 Å². The van der Waals surface area contributed by atoms with E-state index in [1.165, 1.54) is 11.3 Å². The predicted octanol–water partition coefficient (Wildman–Crippen LogP) is 2.01. The van der Waals surface area contributed by atoms with E-state index in [-0.39, 0.29) is 0 Å². The lowest BCUT2D eigenvalue weighted by molar-refractivity contribution is 0.0538. The van der Waals surface area contributed by atoms with E-state index in [1.807, 2.05) is 20.8 Å². The highest BCUT2D eigenvalue weighted by atomic mass is 32.2. The first-order chi connectivity index (χ1) is 9.86. The summed E-state index contributed by atoms with van der Waals surface area (Å²) in [6.45, 7) is 8.74. The highest BCUT2D eigenvalue weighted by Gasteiger charge is 2.33. The van der Waals surface area contributed by atoms with E-state index in [4.69, 9.17) is 4.74 Å². The molecule has 7 heteroatoms. The van der Waals surface area contributed by atoms with Gasteiger partial charge in [0, 0.05) is 30.2 Å². The number of sulfonamides is 1. The summed E-state index contributed by atoms with van der Waals surface area (Å²) in [5.74, 6) is 0. The first-order valence-corrected chi connectivity index (χ1v) is 9.58. The molecule has 1 saturated heterocycles. The summed E-state index contributed by atoms with van der Waals surface area (Å²) >= 11 is 1.35. The molecule has 1 fully saturated rings. The van der Waals surface area contributed by atoms with Gasteiger partial charge in [-0.25, -0.2) is 13.1 Å². The van der Waals surface area contributed by atoms with Crippen molar-refractivity contribution in [2.75, 3.05) is 19.8 Å². The third-order valence-electron chi connectivity index (χ3n) is 3.78. The predicted molar refractivity (Wildman–Crippen MR) is 85.2 cm³/mol. The summed E-state index contributed by atoms with van der Waals surface area (Å²) in [6, 6.07) is 1.77. The van der Waals surface area contributed by atoms with Crippen molar-refractivity contribution < 1.29 is 13.2 Å². The van der Waals surface area contributed by atoms with Crippen LogP contribution in [0.4, 0.5) is 0 Å². The second kappa shape index (κ2) is 6.75. The average molecular weight is 332 g/mol. The van der Waals surface area contributed by atoms with Crippen LogP contribution in [0.3, 0.4) is 0 Å². The Morgan fingerprint density at radius 2 is 2.05 bits per heavy atom. The Morgan fingerprint density at radius 3 is 2.67 bits per heavy atom. The zero-order valence-corrected chi connectivity index (χ0v) is 14.5. The molecule has 1 aromatic heterocycles. The molecule has 1 aliphatic rings. The van der Waals surface area contributed by atoms with E-state index in [1.54, 1.807) is 6.07 Å². The summed E-state index contributed by atoms with van der Waals surface area (Å²) < 4.78 is 33.7. The molecule has 2 heterocycles. The minimum atomic E-state index is -3.46. The highest BCUT2D eigenvalue weighted by molar-refractivity contribution is 7.91. The monoisotopic (exact) mass is 332 g/mol. The lowest BCUT2D eigenvalue weighted by atomic mass is 9.94. The Hall–Kier alpha value is -0.470. The summed E-state index contributed by atoms with van der Waals surface area (Å²) in [5, 5.41) is 3.24. The summed E-state index contributed by atoms with van der Waals surface area (Å²) in [7, 11) is -3.46. The number of aryl methyl sites for hydroxylation is 1. The quantitative estimate of drug-likeness (QED) is 0.836. The maximum atomic E-state index is 12.6. The Balaban J connectivity index is 2.15. The van der Waals surface area contributed by atoms with Crippen LogP contribution in [0, 0.1) is 6.92 Å². The second-order valence-electron chi connectivity index (χ2n) is 5.73. The van der Waals surface area contributed by atoms with Crippen LogP contribution in [-0.2, 0) is 21.3 Å². The van der Waals surface area contributed by atoms with Crippen LogP contribution in [0.5, 0.6) is 0 Å². The second-order valence-corrected chi connectivity index (χ2v) is 8.78. The summed E-state index contributed by atoms with van der Waals surface area (Å²) in [4.78, 5) is 1.08. The zero-order chi connectivity index (χ0) is 15.5. The third kappa shape index (κ3) is 4.26. The average Bonchev–Trinajstić information content (AvgIpc) is 2.78. The van der Waals surface area contributed by atoms with Crippen LogP contribution in [0.2, 0.25) is 0 Å². The molecule has 0 aromatic carbocycles. The van der Waals surface area contributed by atoms with Crippen molar-refractivity contribution in [2.24, 2.45) is 0 Å². The van der Waals surface area contributed by atoms with Crippen LogP contribution in [0.15, 0.2) is 10.3 Å². The standard InChI is InChI=1S/C14H24N2O3S2/c1-4-15-10-12-11(2)9-13(20-12)21(17,18)16-14(3)5-7-19-8-6-14/h9,15-16H,4-8,10H2,1-3H3. The van der Waals surface area contributed by atoms with Gasteiger partial charge in [0.05, 0.1) is 0 Å². The lowest BCUT2D eigenvalue weighted by Gasteiger charge is -2.33. The third-order valence-corrected chi connectivity index (χ3v) is 7.12. The molecule has 2 rings (SSSR count). The fourth-order valence-electron chi connectivity index (χ4n) is 2.33. The van der Waals surface area contributed by atoms with E-state index < -0.39 is 15.6 Å². The topological polar surface area (TPSA) is 67.4 Å². The fourth-order valence-corrected chi connectivity index (χ4v) is 5.36. The van der Waals surface area contributed by atoms with Gasteiger partial charge in [0.2, 0.25) is 0 Å². The van der Waals surface area contributed by atoms with Gasteiger partial charge < -0.3 is 10.1 Å². The molecule has 0 unspecified atom stereocenters. The van der Waals surface area contributed by atoms with Gasteiger partial charge in [0.1, 0.15) is 4.21 Å². The van der Waals surface area contributed by atoms with Crippen molar-refractivity contribution in [3.8, 4) is 0 Å². The maximum absolute atomic E-state index is 12.6. The zero-order valence-electron chi connectivity index (χ0n) is 12.9. The van der Waals surface area contributed by atoms with E-state index in [0.717, 1.165) is 17.0 Å². The molecule has 21 heavy (non-hydrogen) atoms. The van der Waals surface area contributed by atoms with Crippen molar-refractivity contribution in [3.05, 3.63) is 16.5 Å². The van der Waals surface area contributed by atoms with Gasteiger partial charge in [-0.15, -0.1) is 11.3 Å². The largest absolute Gasteiger partial charge is 0.381 e.